The fraction of sp³-hybridized carbons (Fsp3) is 0.542. The van der Waals surface area contributed by atoms with Gasteiger partial charge in [-0.25, -0.2) is 13.2 Å². The van der Waals surface area contributed by atoms with Crippen LogP contribution in [0.2, 0.25) is 0 Å². The molecule has 2 aliphatic rings. The van der Waals surface area contributed by atoms with Crippen molar-refractivity contribution in [3.05, 3.63) is 35.5 Å². The van der Waals surface area contributed by atoms with Crippen molar-refractivity contribution in [2.45, 2.75) is 37.8 Å². The number of aromatic nitrogens is 2. The van der Waals surface area contributed by atoms with E-state index in [4.69, 9.17) is 15.0 Å². The third-order valence-corrected chi connectivity index (χ3v) is 7.44. The molecule has 0 bridgehead atoms. The van der Waals surface area contributed by atoms with Crippen LogP contribution in [0, 0.1) is 5.92 Å². The van der Waals surface area contributed by atoms with E-state index < -0.39 is 28.1 Å². The number of nitrogens with one attached hydrogen (secondary N) is 1. The van der Waals surface area contributed by atoms with Gasteiger partial charge >= 0.3 is 18.1 Å². The summed E-state index contributed by atoms with van der Waals surface area (Å²) in [6.07, 6.45) is 4.16. The molecule has 0 radical (unpaired) electrons. The lowest BCUT2D eigenvalue weighted by Gasteiger charge is -2.30. The largest absolute Gasteiger partial charge is 0.490 e. The minimum Gasteiger partial charge on any atom is -0.480 e. The van der Waals surface area contributed by atoms with Gasteiger partial charge in [-0.3, -0.25) is 9.69 Å². The van der Waals surface area contributed by atoms with Crippen molar-refractivity contribution in [3.63, 3.8) is 0 Å². The number of piperidine rings is 2. The van der Waals surface area contributed by atoms with Crippen LogP contribution < -0.4 is 5.32 Å². The molecule has 3 N–H and O–H groups in total. The standard InChI is InChI=1S/C22H30N4O4S.C2HF3O2/c1-31(29,30)26-20-14-17(3-2-16-6-10-23-11-7-16)4-5-19(20)22(24-26)18-8-12-25(13-9-18)15-21(27)28;3-2(4,5)1(6)7/h2-5,14,16,18,23H,6-13,15H2,1H3,(H,27,28);(H,6,7)/b3-2+;. The van der Waals surface area contributed by atoms with E-state index in [1.807, 2.05) is 23.1 Å². The normalized spacial score (nSPS) is 18.4. The van der Waals surface area contributed by atoms with Gasteiger partial charge in [0.25, 0.3) is 10.0 Å². The molecule has 2 aromatic rings. The highest BCUT2D eigenvalue weighted by molar-refractivity contribution is 7.89. The van der Waals surface area contributed by atoms with Gasteiger partial charge in [0, 0.05) is 11.3 Å². The number of halogens is 3. The lowest BCUT2D eigenvalue weighted by molar-refractivity contribution is -0.192. The first-order valence-corrected chi connectivity index (χ1v) is 14.0. The SMILES string of the molecule is CS(=O)(=O)n1nc(C2CCN(CC(=O)O)CC2)c2ccc(/C=C/C3CCNCC3)cc21.O=C(O)C(F)(F)F. The average molecular weight is 561 g/mol. The van der Waals surface area contributed by atoms with Gasteiger partial charge in [-0.05, 0) is 69.4 Å². The number of benzene rings is 1. The van der Waals surface area contributed by atoms with E-state index in [1.165, 1.54) is 6.26 Å². The van der Waals surface area contributed by atoms with Crippen molar-refractivity contribution in [1.29, 1.82) is 0 Å². The number of aliphatic carboxylic acids is 2. The fourth-order valence-electron chi connectivity index (χ4n) is 4.63. The van der Waals surface area contributed by atoms with E-state index in [0.717, 1.165) is 59.5 Å². The van der Waals surface area contributed by atoms with E-state index in [9.17, 15) is 26.4 Å². The van der Waals surface area contributed by atoms with E-state index in [1.54, 1.807) is 0 Å². The van der Waals surface area contributed by atoms with Crippen LogP contribution in [0.5, 0.6) is 0 Å². The van der Waals surface area contributed by atoms with Gasteiger partial charge < -0.3 is 15.5 Å². The first-order chi connectivity index (χ1) is 17.8. The number of allylic oxidation sites excluding steroid dienone is 1. The van der Waals surface area contributed by atoms with Crippen molar-refractivity contribution < 1.29 is 41.4 Å². The molecule has 4 rings (SSSR count). The minimum atomic E-state index is -5.08. The van der Waals surface area contributed by atoms with Crippen LogP contribution in [0.1, 0.15) is 42.9 Å². The molecule has 2 aliphatic heterocycles. The topological polar surface area (TPSA) is 142 Å². The van der Waals surface area contributed by atoms with Crippen molar-refractivity contribution in [1.82, 2.24) is 19.4 Å². The van der Waals surface area contributed by atoms with Crippen LogP contribution in [0.4, 0.5) is 13.2 Å². The Hall–Kier alpha value is -2.97. The van der Waals surface area contributed by atoms with Gasteiger partial charge in [0.2, 0.25) is 0 Å². The summed E-state index contributed by atoms with van der Waals surface area (Å²) in [6.45, 7) is 3.44. The molecule has 210 valence electrons. The molecule has 2 fully saturated rings. The molecule has 1 aromatic carbocycles. The summed E-state index contributed by atoms with van der Waals surface area (Å²) in [6, 6.07) is 5.91. The second kappa shape index (κ2) is 12.3. The zero-order valence-electron chi connectivity index (χ0n) is 20.8. The summed E-state index contributed by atoms with van der Waals surface area (Å²) in [7, 11) is -3.54. The van der Waals surface area contributed by atoms with Crippen molar-refractivity contribution >= 4 is 38.9 Å². The Morgan fingerprint density at radius 1 is 1.13 bits per heavy atom. The molecule has 2 saturated heterocycles. The van der Waals surface area contributed by atoms with Gasteiger partial charge in [0.15, 0.2) is 0 Å². The molecule has 3 heterocycles. The van der Waals surface area contributed by atoms with Gasteiger partial charge in [-0.1, -0.05) is 24.3 Å². The maximum absolute atomic E-state index is 12.4. The Labute approximate surface area is 218 Å². The number of alkyl halides is 3. The molecule has 10 nitrogen and oxygen atoms in total. The zero-order valence-corrected chi connectivity index (χ0v) is 21.6. The van der Waals surface area contributed by atoms with Crippen LogP contribution in [0.25, 0.3) is 17.0 Å². The molecule has 0 unspecified atom stereocenters. The molecule has 0 atom stereocenters. The minimum absolute atomic E-state index is 0.0397. The van der Waals surface area contributed by atoms with E-state index >= 15 is 0 Å². The monoisotopic (exact) mass is 560 g/mol. The molecular formula is C24H31F3N4O6S. The first-order valence-electron chi connectivity index (χ1n) is 12.1. The second-order valence-electron chi connectivity index (χ2n) is 9.46. The van der Waals surface area contributed by atoms with E-state index in [-0.39, 0.29) is 12.5 Å². The number of hydrogen-bond donors (Lipinski definition) is 3. The maximum Gasteiger partial charge on any atom is 0.490 e. The predicted octanol–water partition coefficient (Wildman–Crippen LogP) is 2.75. The summed E-state index contributed by atoms with van der Waals surface area (Å²) < 4.78 is 57.8. The summed E-state index contributed by atoms with van der Waals surface area (Å²) in [5.74, 6) is -2.92. The van der Waals surface area contributed by atoms with Crippen LogP contribution in [-0.4, -0.2) is 89.8 Å². The van der Waals surface area contributed by atoms with E-state index in [2.05, 4.69) is 22.6 Å². The van der Waals surface area contributed by atoms with Crippen molar-refractivity contribution in [2.75, 3.05) is 39.0 Å². The quantitative estimate of drug-likeness (QED) is 0.486. The third kappa shape index (κ3) is 8.01. The Balaban J connectivity index is 0.000000505. The number of carbonyl (C=O) groups is 2. The van der Waals surface area contributed by atoms with Gasteiger partial charge in [0.05, 0.1) is 24.0 Å². The highest BCUT2D eigenvalue weighted by Gasteiger charge is 2.38. The lowest BCUT2D eigenvalue weighted by Crippen LogP contribution is -2.36. The van der Waals surface area contributed by atoms with Gasteiger partial charge in [0.1, 0.15) is 0 Å². The van der Waals surface area contributed by atoms with Crippen LogP contribution in [0.3, 0.4) is 0 Å². The lowest BCUT2D eigenvalue weighted by atomic mass is 9.91. The number of nitrogens with zero attached hydrogens (tertiary/aromatic N) is 3. The summed E-state index contributed by atoms with van der Waals surface area (Å²) in [4.78, 5) is 21.8. The number of carboxylic acids is 2. The van der Waals surface area contributed by atoms with Crippen LogP contribution >= 0.6 is 0 Å². The molecule has 0 saturated carbocycles. The molecule has 0 spiro atoms. The Kier molecular flexibility index (Phi) is 9.54. The number of hydrogen-bond acceptors (Lipinski definition) is 7. The number of rotatable bonds is 6. The molecule has 38 heavy (non-hydrogen) atoms. The molecule has 14 heteroatoms. The number of fused-ring (bicyclic) bond motifs is 1. The highest BCUT2D eigenvalue weighted by Crippen LogP contribution is 2.33. The van der Waals surface area contributed by atoms with Gasteiger partial charge in [-0.15, -0.1) is 0 Å². The summed E-state index contributed by atoms with van der Waals surface area (Å²) >= 11 is 0. The van der Waals surface area contributed by atoms with Crippen LogP contribution in [-0.2, 0) is 19.6 Å². The zero-order chi connectivity index (χ0) is 28.1. The molecule has 0 amide bonds. The van der Waals surface area contributed by atoms with Crippen LogP contribution in [0.15, 0.2) is 24.3 Å². The van der Waals surface area contributed by atoms with E-state index in [0.29, 0.717) is 24.5 Å². The third-order valence-electron chi connectivity index (χ3n) is 6.54. The predicted molar refractivity (Wildman–Crippen MR) is 134 cm³/mol. The average Bonchev–Trinajstić information content (AvgIpc) is 3.23. The van der Waals surface area contributed by atoms with Crippen molar-refractivity contribution in [3.8, 4) is 0 Å². The fourth-order valence-corrected chi connectivity index (χ4v) is 5.37. The second-order valence-corrected chi connectivity index (χ2v) is 11.3. The Bertz CT molecular complexity index is 1280. The maximum atomic E-state index is 12.4. The smallest absolute Gasteiger partial charge is 0.480 e. The van der Waals surface area contributed by atoms with Crippen molar-refractivity contribution in [2.24, 2.45) is 5.92 Å². The molecule has 0 aliphatic carbocycles. The summed E-state index contributed by atoms with van der Waals surface area (Å²) in [5.41, 5.74) is 2.38. The number of carboxylic acid groups (broad SMARTS) is 2. The van der Waals surface area contributed by atoms with Gasteiger partial charge in [-0.2, -0.15) is 22.4 Å². The highest BCUT2D eigenvalue weighted by atomic mass is 32.2. The number of likely N-dealkylation sites (tertiary alicyclic amines) is 1. The Morgan fingerprint density at radius 2 is 1.74 bits per heavy atom. The first kappa shape index (κ1) is 29.6. The summed E-state index contributed by atoms with van der Waals surface area (Å²) in [5, 5.41) is 24.9. The molecular weight excluding hydrogens is 529 g/mol. The Morgan fingerprint density at radius 3 is 2.26 bits per heavy atom. The molecule has 1 aromatic heterocycles.